The van der Waals surface area contributed by atoms with Gasteiger partial charge in [-0.3, -0.25) is 0 Å². The molecule has 0 bridgehead atoms. The maximum Gasteiger partial charge on any atom is 0.155 e. The fourth-order valence-corrected chi connectivity index (χ4v) is 2.72. The molecule has 4 rings (SSSR count). The highest BCUT2D eigenvalue weighted by molar-refractivity contribution is 7.03. The molecule has 0 radical (unpaired) electrons. The molecule has 0 atom stereocenters. The van der Waals surface area contributed by atoms with Crippen LogP contribution in [-0.2, 0) is 6.54 Å². The first-order valence-corrected chi connectivity index (χ1v) is 6.94. The molecule has 0 aromatic carbocycles. The van der Waals surface area contributed by atoms with Gasteiger partial charge in [0.05, 0.1) is 18.4 Å². The van der Waals surface area contributed by atoms with Gasteiger partial charge >= 0.3 is 0 Å². The highest BCUT2D eigenvalue weighted by atomic mass is 32.1. The molecule has 0 spiro atoms. The maximum atomic E-state index is 4.41. The van der Waals surface area contributed by atoms with Gasteiger partial charge in [0.1, 0.15) is 12.2 Å². The van der Waals surface area contributed by atoms with E-state index in [1.54, 1.807) is 12.5 Å². The minimum absolute atomic E-state index is 0.686. The third-order valence-corrected chi connectivity index (χ3v) is 3.70. The van der Waals surface area contributed by atoms with Crippen LogP contribution in [0.4, 0.5) is 0 Å². The lowest BCUT2D eigenvalue weighted by molar-refractivity contribution is 0.740. The first-order valence-electron chi connectivity index (χ1n) is 6.10. The third-order valence-electron chi connectivity index (χ3n) is 3.12. The summed E-state index contributed by atoms with van der Waals surface area (Å²) >= 11 is 1.43. The zero-order chi connectivity index (χ0) is 13.4. The highest BCUT2D eigenvalue weighted by Crippen LogP contribution is 2.19. The zero-order valence-electron chi connectivity index (χ0n) is 10.4. The molecule has 4 aromatic rings. The lowest BCUT2D eigenvalue weighted by atomic mass is 10.3. The van der Waals surface area contributed by atoms with Crippen LogP contribution in [0.3, 0.4) is 0 Å². The normalized spacial score (nSPS) is 11.2. The summed E-state index contributed by atoms with van der Waals surface area (Å²) in [6.45, 7) is 0.686. The Morgan fingerprint density at radius 3 is 3.10 bits per heavy atom. The van der Waals surface area contributed by atoms with Crippen LogP contribution in [0.1, 0.15) is 5.69 Å². The van der Waals surface area contributed by atoms with Gasteiger partial charge in [-0.05, 0) is 23.7 Å². The van der Waals surface area contributed by atoms with Gasteiger partial charge in [-0.15, -0.1) is 0 Å². The Morgan fingerprint density at radius 2 is 2.20 bits per heavy atom. The largest absolute Gasteiger partial charge is 0.325 e. The van der Waals surface area contributed by atoms with Crippen LogP contribution in [0.5, 0.6) is 0 Å². The van der Waals surface area contributed by atoms with Crippen molar-refractivity contribution >= 4 is 17.2 Å². The van der Waals surface area contributed by atoms with Crippen molar-refractivity contribution < 1.29 is 0 Å². The first-order chi connectivity index (χ1) is 9.92. The molecule has 20 heavy (non-hydrogen) atoms. The SMILES string of the molecule is c1cc(Cn2ccnc2-c2cnsc2)n2ncnc2c1. The van der Waals surface area contributed by atoms with E-state index < -0.39 is 0 Å². The molecule has 0 saturated heterocycles. The molecule has 6 nitrogen and oxygen atoms in total. The van der Waals surface area contributed by atoms with Crippen molar-refractivity contribution in [3.8, 4) is 11.4 Å². The predicted molar refractivity (Wildman–Crippen MR) is 75.4 cm³/mol. The fourth-order valence-electron chi connectivity index (χ4n) is 2.21. The van der Waals surface area contributed by atoms with Crippen LogP contribution in [0.2, 0.25) is 0 Å². The van der Waals surface area contributed by atoms with Gasteiger partial charge < -0.3 is 4.57 Å². The second kappa shape index (κ2) is 4.53. The quantitative estimate of drug-likeness (QED) is 0.577. The van der Waals surface area contributed by atoms with Crippen LogP contribution >= 0.6 is 11.5 Å². The summed E-state index contributed by atoms with van der Waals surface area (Å²) in [6.07, 6.45) is 7.16. The monoisotopic (exact) mass is 282 g/mol. The summed E-state index contributed by atoms with van der Waals surface area (Å²) in [6, 6.07) is 5.97. The van der Waals surface area contributed by atoms with E-state index >= 15 is 0 Å². The van der Waals surface area contributed by atoms with E-state index in [0.29, 0.717) is 6.54 Å². The summed E-state index contributed by atoms with van der Waals surface area (Å²) < 4.78 is 8.06. The van der Waals surface area contributed by atoms with Crippen molar-refractivity contribution in [3.63, 3.8) is 0 Å². The lowest BCUT2D eigenvalue weighted by Gasteiger charge is -2.08. The van der Waals surface area contributed by atoms with Crippen LogP contribution in [0, 0.1) is 0 Å². The van der Waals surface area contributed by atoms with Gasteiger partial charge in [0.15, 0.2) is 5.65 Å². The summed E-state index contributed by atoms with van der Waals surface area (Å²) in [4.78, 5) is 8.61. The summed E-state index contributed by atoms with van der Waals surface area (Å²) in [5.74, 6) is 0.913. The van der Waals surface area contributed by atoms with Crippen molar-refractivity contribution in [2.75, 3.05) is 0 Å². The van der Waals surface area contributed by atoms with E-state index in [9.17, 15) is 0 Å². The van der Waals surface area contributed by atoms with E-state index in [4.69, 9.17) is 0 Å². The van der Waals surface area contributed by atoms with Gasteiger partial charge in [0, 0.05) is 23.3 Å². The van der Waals surface area contributed by atoms with Gasteiger partial charge in [-0.2, -0.15) is 5.10 Å². The van der Waals surface area contributed by atoms with E-state index in [-0.39, 0.29) is 0 Å². The molecular weight excluding hydrogens is 272 g/mol. The molecule has 0 fully saturated rings. The Labute approximate surface area is 118 Å². The molecule has 98 valence electrons. The average molecular weight is 282 g/mol. The summed E-state index contributed by atoms with van der Waals surface area (Å²) in [5, 5.41) is 6.25. The van der Waals surface area contributed by atoms with Gasteiger partial charge in [0.2, 0.25) is 0 Å². The summed E-state index contributed by atoms with van der Waals surface area (Å²) in [5.41, 5.74) is 2.94. The van der Waals surface area contributed by atoms with Crippen LogP contribution < -0.4 is 0 Å². The highest BCUT2D eigenvalue weighted by Gasteiger charge is 2.09. The van der Waals surface area contributed by atoms with Crippen molar-refractivity contribution in [3.05, 3.63) is 54.2 Å². The van der Waals surface area contributed by atoms with Crippen molar-refractivity contribution in [1.82, 2.24) is 28.5 Å². The van der Waals surface area contributed by atoms with Crippen molar-refractivity contribution in [1.29, 1.82) is 0 Å². The number of hydrogen-bond donors (Lipinski definition) is 0. The van der Waals surface area contributed by atoms with Crippen molar-refractivity contribution in [2.24, 2.45) is 0 Å². The third kappa shape index (κ3) is 1.79. The standard InChI is InChI=1S/C13H10N6S/c1-2-11(19-12(3-1)15-9-16-19)7-18-5-4-14-13(18)10-6-17-20-8-10/h1-6,8-9H,7H2. The molecular formula is C13H10N6S. The molecule has 0 saturated carbocycles. The topological polar surface area (TPSA) is 60.9 Å². The molecule has 4 heterocycles. The average Bonchev–Trinajstić information content (AvgIpc) is 3.20. The molecule has 4 aromatic heterocycles. The first kappa shape index (κ1) is 11.3. The van der Waals surface area contributed by atoms with Gasteiger partial charge in [-0.1, -0.05) is 6.07 Å². The predicted octanol–water partition coefficient (Wildman–Crippen LogP) is 2.10. The van der Waals surface area contributed by atoms with E-state index in [1.165, 1.54) is 11.5 Å². The molecule has 7 heteroatoms. The minimum atomic E-state index is 0.686. The van der Waals surface area contributed by atoms with E-state index in [2.05, 4.69) is 24.0 Å². The van der Waals surface area contributed by atoms with E-state index in [1.807, 2.05) is 40.5 Å². The number of fused-ring (bicyclic) bond motifs is 1. The number of pyridine rings is 1. The second-order valence-electron chi connectivity index (χ2n) is 4.34. The van der Waals surface area contributed by atoms with Gasteiger partial charge in [0.25, 0.3) is 0 Å². The minimum Gasteiger partial charge on any atom is -0.325 e. The van der Waals surface area contributed by atoms with E-state index in [0.717, 1.165) is 22.7 Å². The molecule has 0 N–H and O–H groups in total. The maximum absolute atomic E-state index is 4.41. The van der Waals surface area contributed by atoms with Crippen LogP contribution in [0.15, 0.2) is 48.5 Å². The number of hydrogen-bond acceptors (Lipinski definition) is 5. The molecule has 0 amide bonds. The number of imidazole rings is 1. The summed E-state index contributed by atoms with van der Waals surface area (Å²) in [7, 11) is 0. The molecule has 0 aliphatic carbocycles. The molecule has 0 unspecified atom stereocenters. The Morgan fingerprint density at radius 1 is 1.20 bits per heavy atom. The Hall–Kier alpha value is -2.54. The fraction of sp³-hybridized carbons (Fsp3) is 0.0769. The van der Waals surface area contributed by atoms with Crippen LogP contribution in [-0.4, -0.2) is 28.5 Å². The molecule has 0 aliphatic rings. The number of nitrogens with zero attached hydrogens (tertiary/aromatic N) is 6. The van der Waals surface area contributed by atoms with Crippen LogP contribution in [0.25, 0.3) is 17.0 Å². The smallest absolute Gasteiger partial charge is 0.155 e. The Balaban J connectivity index is 1.77. The number of aromatic nitrogens is 6. The number of rotatable bonds is 3. The van der Waals surface area contributed by atoms with Crippen molar-refractivity contribution in [2.45, 2.75) is 6.54 Å². The second-order valence-corrected chi connectivity index (χ2v) is 5.00. The Kier molecular flexibility index (Phi) is 2.56. The Bertz CT molecular complexity index is 845. The molecule has 0 aliphatic heterocycles. The lowest BCUT2D eigenvalue weighted by Crippen LogP contribution is -2.06. The van der Waals surface area contributed by atoms with Gasteiger partial charge in [-0.25, -0.2) is 18.9 Å². The zero-order valence-corrected chi connectivity index (χ0v) is 11.2.